The number of carbonyl (C=O) groups excluding carboxylic acids is 1. The van der Waals surface area contributed by atoms with E-state index in [1.165, 1.54) is 6.42 Å². The smallest absolute Gasteiger partial charge is 0.241 e. The molecule has 4 N–H and O–H groups in total. The molecular weight excluding hydrogens is 416 g/mol. The Morgan fingerprint density at radius 3 is 2.85 bits per heavy atom. The molecule has 0 bridgehead atoms. The first-order chi connectivity index (χ1) is 16.2. The molecule has 3 atom stereocenters. The monoisotopic (exact) mass is 444 g/mol. The average Bonchev–Trinajstić information content (AvgIpc) is 3.64. The summed E-state index contributed by atoms with van der Waals surface area (Å²) in [5, 5.41) is 9.73. The van der Waals surface area contributed by atoms with E-state index in [0.717, 1.165) is 72.7 Å². The molecule has 1 amide bonds. The van der Waals surface area contributed by atoms with Crippen molar-refractivity contribution in [3.05, 3.63) is 60.0 Å². The van der Waals surface area contributed by atoms with Gasteiger partial charge in [0.2, 0.25) is 11.8 Å². The van der Waals surface area contributed by atoms with E-state index in [4.69, 9.17) is 9.40 Å². The summed E-state index contributed by atoms with van der Waals surface area (Å²) in [6.07, 6.45) is 12.8. The van der Waals surface area contributed by atoms with Gasteiger partial charge in [0, 0.05) is 11.3 Å². The van der Waals surface area contributed by atoms with Gasteiger partial charge >= 0.3 is 0 Å². The Bertz CT molecular complexity index is 1230. The molecule has 170 valence electrons. The third-order valence-corrected chi connectivity index (χ3v) is 6.76. The fourth-order valence-corrected chi connectivity index (χ4v) is 4.89. The van der Waals surface area contributed by atoms with E-state index in [1.807, 2.05) is 24.3 Å². The second kappa shape index (κ2) is 8.61. The molecule has 8 heteroatoms. The Morgan fingerprint density at radius 1 is 1.15 bits per heavy atom. The van der Waals surface area contributed by atoms with Gasteiger partial charge in [0.1, 0.15) is 5.82 Å². The number of aromatic nitrogens is 3. The van der Waals surface area contributed by atoms with Gasteiger partial charge in [0.25, 0.3) is 0 Å². The summed E-state index contributed by atoms with van der Waals surface area (Å²) in [6.45, 7) is 1.96. The normalized spacial score (nSPS) is 25.0. The Hall–Kier alpha value is -3.23. The number of allylic oxidation sites excluding steroid dienone is 3. The summed E-state index contributed by atoms with van der Waals surface area (Å²) < 4.78 is 6.12. The average molecular weight is 445 g/mol. The number of imidazole rings is 1. The molecule has 2 aromatic heterocycles. The Labute approximate surface area is 192 Å². The molecule has 1 aliphatic carbocycles. The maximum absolute atomic E-state index is 12.3. The number of hydrogen-bond donors (Lipinski definition) is 4. The molecule has 0 spiro atoms. The van der Waals surface area contributed by atoms with Crippen LogP contribution in [0.5, 0.6) is 0 Å². The van der Waals surface area contributed by atoms with Crippen LogP contribution in [0.4, 0.5) is 0 Å². The largest absolute Gasteiger partial charge is 0.440 e. The van der Waals surface area contributed by atoms with Gasteiger partial charge in [-0.1, -0.05) is 12.2 Å². The van der Waals surface area contributed by atoms with E-state index in [2.05, 4.69) is 38.1 Å². The molecule has 0 saturated carbocycles. The fraction of sp³-hybridized carbons (Fsp3) is 0.400. The second-order valence-electron chi connectivity index (χ2n) is 9.06. The maximum Gasteiger partial charge on any atom is 0.241 e. The highest BCUT2D eigenvalue weighted by atomic mass is 16.4. The summed E-state index contributed by atoms with van der Waals surface area (Å²) >= 11 is 0. The lowest BCUT2D eigenvalue weighted by Crippen LogP contribution is -2.39. The standard InChI is InChI=1S/C25H28N6O2/c32-24(20-4-2-12-27-20)29-17-8-5-15(6-9-17)25-28-14-22(33-25)16-7-10-18-21(13-16)31-23(30-18)19-3-1-11-26-19/h5,7-10,13-15,19-20,26-27H,1-4,6,11-12H2,(H,29,32)(H,30,31)/t15?,19-,20-/m0/s1. The SMILES string of the molecule is O=C(NC1=CCC(c2ncc(-c3ccc4[nH]c([C@@H]5CCCN5)nc4c3)o2)C=C1)[C@@H]1CCCN1. The highest BCUT2D eigenvalue weighted by Crippen LogP contribution is 2.31. The number of H-pyrrole nitrogens is 1. The molecule has 2 fully saturated rings. The number of hydrogen-bond acceptors (Lipinski definition) is 6. The topological polar surface area (TPSA) is 108 Å². The minimum atomic E-state index is -0.0799. The number of nitrogens with one attached hydrogen (secondary N) is 4. The van der Waals surface area contributed by atoms with Crippen molar-refractivity contribution < 1.29 is 9.21 Å². The molecule has 1 aromatic carbocycles. The third kappa shape index (κ3) is 4.12. The van der Waals surface area contributed by atoms with Crippen LogP contribution in [0.15, 0.2) is 52.7 Å². The first-order valence-electron chi connectivity index (χ1n) is 11.8. The molecule has 3 aliphatic rings. The van der Waals surface area contributed by atoms with E-state index in [9.17, 15) is 4.79 Å². The lowest BCUT2D eigenvalue weighted by molar-refractivity contribution is -0.122. The number of carbonyl (C=O) groups is 1. The zero-order chi connectivity index (χ0) is 22.2. The van der Waals surface area contributed by atoms with Crippen molar-refractivity contribution in [1.82, 2.24) is 30.9 Å². The predicted octanol–water partition coefficient (Wildman–Crippen LogP) is 3.44. The van der Waals surface area contributed by atoms with Crippen LogP contribution in [0.25, 0.3) is 22.4 Å². The van der Waals surface area contributed by atoms with Crippen molar-refractivity contribution in [1.29, 1.82) is 0 Å². The van der Waals surface area contributed by atoms with Crippen LogP contribution in [0.1, 0.15) is 55.8 Å². The van der Waals surface area contributed by atoms with Crippen molar-refractivity contribution in [2.24, 2.45) is 0 Å². The molecule has 33 heavy (non-hydrogen) atoms. The Balaban J connectivity index is 1.13. The van der Waals surface area contributed by atoms with Crippen molar-refractivity contribution in [3.8, 4) is 11.3 Å². The lowest BCUT2D eigenvalue weighted by Gasteiger charge is -2.16. The number of amides is 1. The fourth-order valence-electron chi connectivity index (χ4n) is 4.89. The quantitative estimate of drug-likeness (QED) is 0.480. The number of aromatic amines is 1. The minimum absolute atomic E-state index is 0.0425. The molecule has 1 unspecified atom stereocenters. The summed E-state index contributed by atoms with van der Waals surface area (Å²) in [5.74, 6) is 2.51. The zero-order valence-electron chi connectivity index (χ0n) is 18.4. The van der Waals surface area contributed by atoms with Gasteiger partial charge in [-0.05, 0) is 69.5 Å². The lowest BCUT2D eigenvalue weighted by atomic mass is 9.99. The van der Waals surface area contributed by atoms with E-state index in [1.54, 1.807) is 6.20 Å². The molecule has 0 radical (unpaired) electrons. The molecular formula is C25H28N6O2. The Morgan fingerprint density at radius 2 is 2.06 bits per heavy atom. The molecule has 3 aromatic rings. The number of fused-ring (bicyclic) bond motifs is 1. The van der Waals surface area contributed by atoms with Gasteiger partial charge in [-0.25, -0.2) is 9.97 Å². The second-order valence-corrected chi connectivity index (χ2v) is 9.06. The number of benzene rings is 1. The Kier molecular flexibility index (Phi) is 5.32. The van der Waals surface area contributed by atoms with Gasteiger partial charge in [0.15, 0.2) is 5.76 Å². The van der Waals surface area contributed by atoms with Gasteiger partial charge < -0.3 is 25.4 Å². The number of oxazole rings is 1. The van der Waals surface area contributed by atoms with E-state index in [-0.39, 0.29) is 17.9 Å². The van der Waals surface area contributed by atoms with Crippen LogP contribution in [-0.4, -0.2) is 40.0 Å². The van der Waals surface area contributed by atoms with Crippen LogP contribution in [0.2, 0.25) is 0 Å². The molecule has 2 saturated heterocycles. The molecule has 8 nitrogen and oxygen atoms in total. The zero-order valence-corrected chi connectivity index (χ0v) is 18.4. The number of nitrogens with zero attached hydrogens (tertiary/aromatic N) is 2. The van der Waals surface area contributed by atoms with Gasteiger partial charge in [-0.3, -0.25) is 4.79 Å². The van der Waals surface area contributed by atoms with Gasteiger partial charge in [-0.15, -0.1) is 0 Å². The summed E-state index contributed by atoms with van der Waals surface area (Å²) in [6, 6.07) is 6.38. The van der Waals surface area contributed by atoms with E-state index < -0.39 is 0 Å². The van der Waals surface area contributed by atoms with Crippen LogP contribution >= 0.6 is 0 Å². The van der Waals surface area contributed by atoms with E-state index >= 15 is 0 Å². The first-order valence-corrected chi connectivity index (χ1v) is 11.8. The van der Waals surface area contributed by atoms with Crippen molar-refractivity contribution in [3.63, 3.8) is 0 Å². The predicted molar refractivity (Wildman–Crippen MR) is 125 cm³/mol. The van der Waals surface area contributed by atoms with Gasteiger partial charge in [-0.2, -0.15) is 0 Å². The van der Waals surface area contributed by atoms with Crippen molar-refractivity contribution in [2.45, 2.75) is 50.1 Å². The maximum atomic E-state index is 12.3. The van der Waals surface area contributed by atoms with Crippen LogP contribution in [-0.2, 0) is 4.79 Å². The minimum Gasteiger partial charge on any atom is -0.440 e. The molecule has 4 heterocycles. The van der Waals surface area contributed by atoms with E-state index in [0.29, 0.717) is 11.9 Å². The van der Waals surface area contributed by atoms with Crippen molar-refractivity contribution >= 4 is 16.9 Å². The molecule has 6 rings (SSSR count). The number of rotatable bonds is 5. The highest BCUT2D eigenvalue weighted by Gasteiger charge is 2.24. The van der Waals surface area contributed by atoms with Crippen LogP contribution < -0.4 is 16.0 Å². The van der Waals surface area contributed by atoms with Crippen LogP contribution in [0.3, 0.4) is 0 Å². The van der Waals surface area contributed by atoms with Gasteiger partial charge in [0.05, 0.1) is 35.2 Å². The summed E-state index contributed by atoms with van der Waals surface area (Å²) in [5.41, 5.74) is 3.77. The summed E-state index contributed by atoms with van der Waals surface area (Å²) in [7, 11) is 0. The van der Waals surface area contributed by atoms with Crippen molar-refractivity contribution in [2.75, 3.05) is 13.1 Å². The van der Waals surface area contributed by atoms with Crippen LogP contribution in [0, 0.1) is 0 Å². The molecule has 2 aliphatic heterocycles. The summed E-state index contributed by atoms with van der Waals surface area (Å²) in [4.78, 5) is 25.1. The third-order valence-electron chi connectivity index (χ3n) is 6.76. The highest BCUT2D eigenvalue weighted by molar-refractivity contribution is 5.84. The first kappa shape index (κ1) is 20.4.